The van der Waals surface area contributed by atoms with E-state index in [1.54, 1.807) is 14.0 Å². The maximum atomic E-state index is 12.0. The Morgan fingerprint density at radius 1 is 1.38 bits per heavy atom. The third-order valence-corrected chi connectivity index (χ3v) is 5.45. The molecule has 3 aromatic rings. The average molecular weight is 528 g/mol. The molecule has 0 aliphatic rings. The van der Waals surface area contributed by atoms with Crippen molar-refractivity contribution in [2.75, 3.05) is 13.7 Å². The predicted molar refractivity (Wildman–Crippen MR) is 126 cm³/mol. The van der Waals surface area contributed by atoms with Crippen LogP contribution in [0.15, 0.2) is 39.7 Å². The van der Waals surface area contributed by atoms with Gasteiger partial charge in [0.1, 0.15) is 21.2 Å². The molecule has 3 rings (SSSR count). The van der Waals surface area contributed by atoms with Gasteiger partial charge in [-0.05, 0) is 32.9 Å². The molecule has 7 nitrogen and oxygen atoms in total. The molecule has 156 valence electrons. The largest absolute Gasteiger partial charge is 0.462 e. The quantitative estimate of drug-likeness (QED) is 0.213. The SMILES string of the molecule is CCOC(=O)c1sc(C(C)NC(=NC)NCc2cc3ccccc3o2)nc1C.I. The number of carbonyl (C=O) groups excluding carboxylic acids is 1. The lowest BCUT2D eigenvalue weighted by Gasteiger charge is -2.15. The highest BCUT2D eigenvalue weighted by molar-refractivity contribution is 14.0. The van der Waals surface area contributed by atoms with Crippen LogP contribution < -0.4 is 10.6 Å². The molecule has 0 saturated heterocycles. The fourth-order valence-corrected chi connectivity index (χ4v) is 3.71. The monoisotopic (exact) mass is 528 g/mol. The van der Waals surface area contributed by atoms with Gasteiger partial charge >= 0.3 is 5.97 Å². The second kappa shape index (κ2) is 10.6. The molecule has 0 radical (unpaired) electrons. The molecule has 1 unspecified atom stereocenters. The number of para-hydroxylation sites is 1. The number of esters is 1. The fraction of sp³-hybridized carbons (Fsp3) is 0.350. The van der Waals surface area contributed by atoms with Crippen LogP contribution >= 0.6 is 35.3 Å². The maximum absolute atomic E-state index is 12.0. The van der Waals surface area contributed by atoms with Gasteiger partial charge in [-0.3, -0.25) is 4.99 Å². The molecule has 0 spiro atoms. The molecule has 1 atom stereocenters. The van der Waals surface area contributed by atoms with Gasteiger partial charge in [0.15, 0.2) is 5.96 Å². The van der Waals surface area contributed by atoms with E-state index in [0.29, 0.717) is 29.7 Å². The van der Waals surface area contributed by atoms with Crippen LogP contribution in [-0.4, -0.2) is 30.6 Å². The minimum atomic E-state index is -0.330. The van der Waals surface area contributed by atoms with Crippen molar-refractivity contribution in [3.8, 4) is 0 Å². The lowest BCUT2D eigenvalue weighted by Crippen LogP contribution is -2.38. The number of fused-ring (bicyclic) bond motifs is 1. The summed E-state index contributed by atoms with van der Waals surface area (Å²) >= 11 is 1.34. The average Bonchev–Trinajstić information content (AvgIpc) is 3.28. The predicted octanol–water partition coefficient (Wildman–Crippen LogP) is 4.42. The van der Waals surface area contributed by atoms with Crippen LogP contribution in [0.2, 0.25) is 0 Å². The number of halogens is 1. The molecule has 0 saturated carbocycles. The number of rotatable bonds is 6. The van der Waals surface area contributed by atoms with Crippen molar-refractivity contribution in [2.24, 2.45) is 4.99 Å². The summed E-state index contributed by atoms with van der Waals surface area (Å²) in [7, 11) is 1.71. The number of hydrogen-bond donors (Lipinski definition) is 2. The van der Waals surface area contributed by atoms with Gasteiger partial charge in [-0.2, -0.15) is 0 Å². The summed E-state index contributed by atoms with van der Waals surface area (Å²) in [5, 5.41) is 8.40. The van der Waals surface area contributed by atoms with Crippen molar-refractivity contribution in [1.29, 1.82) is 0 Å². The van der Waals surface area contributed by atoms with Gasteiger partial charge in [0.2, 0.25) is 0 Å². The van der Waals surface area contributed by atoms with Gasteiger partial charge < -0.3 is 19.8 Å². The standard InChI is InChI=1S/C20H24N4O3S.HI/c1-5-26-19(25)17-12(2)23-18(28-17)13(3)24-20(21-4)22-11-15-10-14-8-6-7-9-16(14)27-15;/h6-10,13H,5,11H2,1-4H3,(H2,21,22,24);1H. The summed E-state index contributed by atoms with van der Waals surface area (Å²) in [6.45, 7) is 6.43. The van der Waals surface area contributed by atoms with Crippen molar-refractivity contribution in [2.45, 2.75) is 33.4 Å². The molecule has 2 aromatic heterocycles. The van der Waals surface area contributed by atoms with E-state index in [2.05, 4.69) is 20.6 Å². The number of benzene rings is 1. The van der Waals surface area contributed by atoms with E-state index < -0.39 is 0 Å². The molecule has 0 fully saturated rings. The molecular formula is C20H25IN4O3S. The van der Waals surface area contributed by atoms with Gasteiger partial charge in [0.25, 0.3) is 0 Å². The van der Waals surface area contributed by atoms with Crippen molar-refractivity contribution >= 4 is 58.2 Å². The van der Waals surface area contributed by atoms with E-state index in [9.17, 15) is 4.79 Å². The van der Waals surface area contributed by atoms with E-state index in [1.807, 2.05) is 44.2 Å². The number of furan rings is 1. The Morgan fingerprint density at radius 3 is 2.83 bits per heavy atom. The van der Waals surface area contributed by atoms with Crippen LogP contribution in [0.1, 0.15) is 46.0 Å². The second-order valence-corrected chi connectivity index (χ2v) is 7.26. The van der Waals surface area contributed by atoms with E-state index >= 15 is 0 Å². The summed E-state index contributed by atoms with van der Waals surface area (Å²) < 4.78 is 10.9. The Labute approximate surface area is 191 Å². The number of aryl methyl sites for hydroxylation is 1. The zero-order valence-corrected chi connectivity index (χ0v) is 20.0. The Kier molecular flexibility index (Phi) is 8.45. The van der Waals surface area contributed by atoms with Crippen LogP contribution in [0.5, 0.6) is 0 Å². The van der Waals surface area contributed by atoms with Crippen LogP contribution in [-0.2, 0) is 11.3 Å². The molecule has 2 heterocycles. The zero-order chi connectivity index (χ0) is 20.1. The molecule has 0 aliphatic carbocycles. The number of nitrogens with zero attached hydrogens (tertiary/aromatic N) is 2. The molecule has 0 amide bonds. The first-order valence-electron chi connectivity index (χ1n) is 9.11. The number of carbonyl (C=O) groups is 1. The number of aromatic nitrogens is 1. The lowest BCUT2D eigenvalue weighted by molar-refractivity contribution is 0.0531. The van der Waals surface area contributed by atoms with Crippen molar-refractivity contribution in [3.63, 3.8) is 0 Å². The summed E-state index contributed by atoms with van der Waals surface area (Å²) in [5.74, 6) is 1.12. The minimum Gasteiger partial charge on any atom is -0.462 e. The molecule has 0 aliphatic heterocycles. The molecule has 1 aromatic carbocycles. The van der Waals surface area contributed by atoms with Crippen LogP contribution in [0, 0.1) is 6.92 Å². The van der Waals surface area contributed by atoms with Gasteiger partial charge in [-0.1, -0.05) is 18.2 Å². The number of thiazole rings is 1. The molecule has 9 heteroatoms. The number of ether oxygens (including phenoxy) is 1. The summed E-state index contributed by atoms with van der Waals surface area (Å²) in [4.78, 5) is 21.3. The molecule has 0 bridgehead atoms. The number of aliphatic imine (C=N–C) groups is 1. The normalized spacial score (nSPS) is 12.3. The zero-order valence-electron chi connectivity index (χ0n) is 16.8. The van der Waals surface area contributed by atoms with Gasteiger partial charge in [-0.15, -0.1) is 35.3 Å². The van der Waals surface area contributed by atoms with Gasteiger partial charge in [0.05, 0.1) is 24.9 Å². The first-order valence-corrected chi connectivity index (χ1v) is 9.92. The topological polar surface area (TPSA) is 88.8 Å². The second-order valence-electron chi connectivity index (χ2n) is 6.23. The Balaban J connectivity index is 0.00000300. The highest BCUT2D eigenvalue weighted by Crippen LogP contribution is 2.24. The van der Waals surface area contributed by atoms with E-state index in [1.165, 1.54) is 11.3 Å². The highest BCUT2D eigenvalue weighted by atomic mass is 127. The maximum Gasteiger partial charge on any atom is 0.350 e. The number of nitrogens with one attached hydrogen (secondary N) is 2. The van der Waals surface area contributed by atoms with E-state index in [4.69, 9.17) is 9.15 Å². The smallest absolute Gasteiger partial charge is 0.350 e. The Morgan fingerprint density at radius 2 is 2.14 bits per heavy atom. The van der Waals surface area contributed by atoms with Crippen LogP contribution in [0.25, 0.3) is 11.0 Å². The lowest BCUT2D eigenvalue weighted by atomic mass is 10.2. The Bertz CT molecular complexity index is 966. The number of guanidine groups is 1. The first-order chi connectivity index (χ1) is 13.5. The summed E-state index contributed by atoms with van der Waals surface area (Å²) in [5.41, 5.74) is 1.54. The molecule has 2 N–H and O–H groups in total. The van der Waals surface area contributed by atoms with Gasteiger partial charge in [-0.25, -0.2) is 9.78 Å². The van der Waals surface area contributed by atoms with Crippen molar-refractivity contribution in [1.82, 2.24) is 15.6 Å². The van der Waals surface area contributed by atoms with Crippen LogP contribution in [0.4, 0.5) is 0 Å². The number of hydrogen-bond acceptors (Lipinski definition) is 6. The Hall–Kier alpha value is -2.14. The minimum absolute atomic E-state index is 0. The van der Waals surface area contributed by atoms with Gasteiger partial charge in [0, 0.05) is 12.4 Å². The molecular weight excluding hydrogens is 503 g/mol. The fourth-order valence-electron chi connectivity index (χ4n) is 2.74. The third-order valence-electron chi connectivity index (χ3n) is 4.13. The summed E-state index contributed by atoms with van der Waals surface area (Å²) in [6.07, 6.45) is 0. The third kappa shape index (κ3) is 5.69. The van der Waals surface area contributed by atoms with E-state index in [0.717, 1.165) is 21.7 Å². The van der Waals surface area contributed by atoms with Crippen LogP contribution in [0.3, 0.4) is 0 Å². The first kappa shape index (κ1) is 23.1. The molecule has 29 heavy (non-hydrogen) atoms. The van der Waals surface area contributed by atoms with Crippen molar-refractivity contribution < 1.29 is 13.9 Å². The highest BCUT2D eigenvalue weighted by Gasteiger charge is 2.20. The summed E-state index contributed by atoms with van der Waals surface area (Å²) in [6, 6.07) is 9.79. The van der Waals surface area contributed by atoms with E-state index in [-0.39, 0.29) is 36.0 Å². The van der Waals surface area contributed by atoms with Crippen molar-refractivity contribution in [3.05, 3.63) is 51.7 Å².